The number of thiophene rings is 1. The Balaban J connectivity index is 1.45. The Morgan fingerprint density at radius 1 is 1.11 bits per heavy atom. The van der Waals surface area contributed by atoms with Gasteiger partial charge in [0.1, 0.15) is 5.75 Å². The van der Waals surface area contributed by atoms with E-state index in [9.17, 15) is 4.79 Å². The minimum atomic E-state index is -0.363. The lowest BCUT2D eigenvalue weighted by Gasteiger charge is -2.30. The molecule has 0 radical (unpaired) electrons. The molecular weight excluding hydrogens is 486 g/mol. The van der Waals surface area contributed by atoms with Crippen molar-refractivity contribution >= 4 is 45.0 Å². The summed E-state index contributed by atoms with van der Waals surface area (Å²) in [5.41, 5.74) is 5.45. The first-order chi connectivity index (χ1) is 18.0. The summed E-state index contributed by atoms with van der Waals surface area (Å²) >= 11 is 1.55. The van der Waals surface area contributed by atoms with Gasteiger partial charge in [0.05, 0.1) is 35.7 Å². The number of carbonyl (C=O) groups excluding carboxylic acids is 1. The molecule has 0 bridgehead atoms. The Kier molecular flexibility index (Phi) is 7.43. The van der Waals surface area contributed by atoms with Crippen LogP contribution in [0, 0.1) is 6.92 Å². The highest BCUT2D eigenvalue weighted by atomic mass is 32.1. The van der Waals surface area contributed by atoms with Gasteiger partial charge in [0.15, 0.2) is 5.82 Å². The van der Waals surface area contributed by atoms with E-state index in [1.165, 1.54) is 18.2 Å². The summed E-state index contributed by atoms with van der Waals surface area (Å²) < 4.78 is 11.7. The number of hydrogen-bond acceptors (Lipinski definition) is 9. The van der Waals surface area contributed by atoms with Crippen molar-refractivity contribution in [1.82, 2.24) is 14.9 Å². The summed E-state index contributed by atoms with van der Waals surface area (Å²) in [4.78, 5) is 24.2. The van der Waals surface area contributed by atoms with Crippen LogP contribution in [0.5, 0.6) is 5.75 Å². The third-order valence-electron chi connectivity index (χ3n) is 7.11. The molecule has 1 fully saturated rings. The molecule has 3 aromatic rings. The molecule has 0 saturated carbocycles. The van der Waals surface area contributed by atoms with Crippen LogP contribution in [0.3, 0.4) is 0 Å². The molecule has 0 atom stereocenters. The van der Waals surface area contributed by atoms with Crippen molar-refractivity contribution in [3.8, 4) is 5.75 Å². The van der Waals surface area contributed by atoms with Crippen LogP contribution in [-0.2, 0) is 9.53 Å². The molecular formula is C28H33N5O3S. The zero-order valence-corrected chi connectivity index (χ0v) is 22.6. The van der Waals surface area contributed by atoms with E-state index in [1.807, 2.05) is 23.6 Å². The van der Waals surface area contributed by atoms with Crippen molar-refractivity contribution in [3.63, 3.8) is 0 Å². The van der Waals surface area contributed by atoms with Crippen molar-refractivity contribution in [2.45, 2.75) is 38.5 Å². The largest absolute Gasteiger partial charge is 0.495 e. The number of esters is 1. The highest BCUT2D eigenvalue weighted by Gasteiger charge is 2.23. The molecule has 194 valence electrons. The number of aryl methyl sites for hydroxylation is 1. The minimum absolute atomic E-state index is 0.363. The van der Waals surface area contributed by atoms with Crippen LogP contribution >= 0.6 is 11.3 Å². The summed E-state index contributed by atoms with van der Waals surface area (Å²) in [6.45, 7) is 4.38. The minimum Gasteiger partial charge on any atom is -0.495 e. The van der Waals surface area contributed by atoms with Crippen LogP contribution in [0.4, 0.5) is 17.5 Å². The molecule has 0 amide bonds. The Morgan fingerprint density at radius 3 is 2.65 bits per heavy atom. The molecule has 5 rings (SSSR count). The molecule has 3 heterocycles. The Bertz CT molecular complexity index is 1370. The highest BCUT2D eigenvalue weighted by molar-refractivity contribution is 7.17. The molecule has 2 N–H and O–H groups in total. The average Bonchev–Trinajstić information content (AvgIpc) is 3.38. The van der Waals surface area contributed by atoms with E-state index in [1.54, 1.807) is 18.4 Å². The second-order valence-corrected chi connectivity index (χ2v) is 10.5. The molecule has 2 aliphatic rings. The number of ether oxygens (including phenoxy) is 2. The topological polar surface area (TPSA) is 88.6 Å². The van der Waals surface area contributed by atoms with Crippen LogP contribution in [0.2, 0.25) is 0 Å². The summed E-state index contributed by atoms with van der Waals surface area (Å²) in [6, 6.07) is 6.26. The van der Waals surface area contributed by atoms with E-state index in [2.05, 4.69) is 41.6 Å². The maximum Gasteiger partial charge on any atom is 0.339 e. The zero-order valence-electron chi connectivity index (χ0n) is 21.8. The lowest BCUT2D eigenvalue weighted by molar-refractivity contribution is -0.135. The predicted octanol–water partition coefficient (Wildman–Crippen LogP) is 5.75. The maximum atomic E-state index is 12.3. The highest BCUT2D eigenvalue weighted by Crippen LogP contribution is 2.38. The molecule has 8 nitrogen and oxygen atoms in total. The van der Waals surface area contributed by atoms with Crippen LogP contribution in [0.15, 0.2) is 47.0 Å². The predicted molar refractivity (Wildman–Crippen MR) is 149 cm³/mol. The monoisotopic (exact) mass is 519 g/mol. The smallest absolute Gasteiger partial charge is 0.339 e. The first kappa shape index (κ1) is 25.2. The van der Waals surface area contributed by atoms with E-state index >= 15 is 0 Å². The molecule has 0 spiro atoms. The first-order valence-electron chi connectivity index (χ1n) is 12.6. The van der Waals surface area contributed by atoms with Crippen molar-refractivity contribution < 1.29 is 14.3 Å². The molecule has 1 aromatic carbocycles. The zero-order chi connectivity index (χ0) is 25.9. The lowest BCUT2D eigenvalue weighted by Crippen LogP contribution is -2.29. The number of methoxy groups -OCH3 is 2. The van der Waals surface area contributed by atoms with Gasteiger partial charge in [0, 0.05) is 5.70 Å². The maximum absolute atomic E-state index is 12.3. The number of carbonyl (C=O) groups is 1. The summed E-state index contributed by atoms with van der Waals surface area (Å²) in [6.07, 6.45) is 7.85. The SMILES string of the molecule is COC(=O)C1=CCCC=C1Nc1nc(Nc2cc(C)c(C3CCN(C)CC3)cc2OC)nc2ccsc12. The third kappa shape index (κ3) is 5.33. The Hall–Kier alpha value is -3.43. The Morgan fingerprint density at radius 2 is 1.89 bits per heavy atom. The van der Waals surface area contributed by atoms with E-state index in [0.29, 0.717) is 29.0 Å². The number of benzene rings is 1. The van der Waals surface area contributed by atoms with Gasteiger partial charge >= 0.3 is 5.97 Å². The molecule has 9 heteroatoms. The van der Waals surface area contributed by atoms with Crippen molar-refractivity contribution in [1.29, 1.82) is 0 Å². The second-order valence-electron chi connectivity index (χ2n) is 9.57. The van der Waals surface area contributed by atoms with Crippen molar-refractivity contribution in [2.24, 2.45) is 0 Å². The van der Waals surface area contributed by atoms with Crippen LogP contribution in [0.25, 0.3) is 10.2 Å². The average molecular weight is 520 g/mol. The fourth-order valence-corrected chi connectivity index (χ4v) is 5.85. The van der Waals surface area contributed by atoms with Gasteiger partial charge in [-0.15, -0.1) is 11.3 Å². The van der Waals surface area contributed by atoms with Gasteiger partial charge in [-0.3, -0.25) is 0 Å². The van der Waals surface area contributed by atoms with Gasteiger partial charge < -0.3 is 25.0 Å². The van der Waals surface area contributed by atoms with E-state index in [-0.39, 0.29) is 5.97 Å². The number of likely N-dealkylation sites (tertiary alicyclic amines) is 1. The second kappa shape index (κ2) is 10.9. The number of allylic oxidation sites excluding steroid dienone is 2. The number of rotatable bonds is 7. The number of anilines is 3. The molecule has 37 heavy (non-hydrogen) atoms. The lowest BCUT2D eigenvalue weighted by atomic mass is 9.86. The van der Waals surface area contributed by atoms with E-state index in [4.69, 9.17) is 19.4 Å². The van der Waals surface area contributed by atoms with Gasteiger partial charge in [-0.2, -0.15) is 4.98 Å². The molecule has 1 aliphatic carbocycles. The normalized spacial score (nSPS) is 16.8. The van der Waals surface area contributed by atoms with E-state index in [0.717, 1.165) is 60.4 Å². The Labute approximate surface area is 221 Å². The van der Waals surface area contributed by atoms with Crippen LogP contribution in [-0.4, -0.2) is 55.2 Å². The van der Waals surface area contributed by atoms with Crippen molar-refractivity contribution in [2.75, 3.05) is 45.0 Å². The van der Waals surface area contributed by atoms with Gasteiger partial charge in [0.25, 0.3) is 0 Å². The number of hydrogen-bond donors (Lipinski definition) is 2. The molecule has 1 aliphatic heterocycles. The third-order valence-corrected chi connectivity index (χ3v) is 8.02. The fraction of sp³-hybridized carbons (Fsp3) is 0.393. The molecule has 0 unspecified atom stereocenters. The summed E-state index contributed by atoms with van der Waals surface area (Å²) in [5.74, 6) is 2.04. The van der Waals surface area contributed by atoms with Gasteiger partial charge in [-0.1, -0.05) is 12.2 Å². The van der Waals surface area contributed by atoms with Crippen LogP contribution < -0.4 is 15.4 Å². The van der Waals surface area contributed by atoms with Crippen molar-refractivity contribution in [3.05, 3.63) is 58.1 Å². The summed E-state index contributed by atoms with van der Waals surface area (Å²) in [7, 11) is 5.27. The van der Waals surface area contributed by atoms with Gasteiger partial charge in [0.2, 0.25) is 5.95 Å². The molecule has 2 aromatic heterocycles. The number of nitrogens with zero attached hydrogens (tertiary/aromatic N) is 3. The number of aromatic nitrogens is 2. The number of nitrogens with one attached hydrogen (secondary N) is 2. The first-order valence-corrected chi connectivity index (χ1v) is 13.5. The number of piperidine rings is 1. The van der Waals surface area contributed by atoms with Gasteiger partial charge in [-0.05, 0) is 93.4 Å². The quantitative estimate of drug-likeness (QED) is 0.382. The fourth-order valence-electron chi connectivity index (χ4n) is 5.08. The number of fused-ring (bicyclic) bond motifs is 1. The summed E-state index contributed by atoms with van der Waals surface area (Å²) in [5, 5.41) is 8.75. The van der Waals surface area contributed by atoms with Crippen LogP contribution in [0.1, 0.15) is 42.7 Å². The van der Waals surface area contributed by atoms with E-state index < -0.39 is 0 Å². The molecule has 1 saturated heterocycles. The standard InChI is InChI=1S/C28H33N5O3S/c1-17-15-23(24(35-3)16-20(17)18-9-12-33(2)13-10-18)31-28-30-22-11-14-37-25(22)26(32-28)29-21-8-6-5-7-19(21)27(34)36-4/h7-8,11,14-16,18H,5-6,9-10,12-13H2,1-4H3,(H2,29,30,31,32). The van der Waals surface area contributed by atoms with Gasteiger partial charge in [-0.25, -0.2) is 9.78 Å².